The molecular formula is C14H16N2O5P+. The zero-order valence-electron chi connectivity index (χ0n) is 12.1. The Hall–Kier alpha value is -2.08. The number of hydrogen-bond donors (Lipinski definition) is 2. The van der Waals surface area contributed by atoms with Crippen LogP contribution in [0, 0.1) is 6.92 Å². The third-order valence-corrected chi connectivity index (χ3v) is 3.54. The second-order valence-electron chi connectivity index (χ2n) is 4.62. The SMILES string of the molecule is COc1cc(C(Cc2cnccn2)O[P+](=O)O)cc(C)c1O. The highest BCUT2D eigenvalue weighted by atomic mass is 31.1. The van der Waals surface area contributed by atoms with Gasteiger partial charge in [0.15, 0.2) is 11.5 Å². The lowest BCUT2D eigenvalue weighted by molar-refractivity contribution is 0.189. The Morgan fingerprint density at radius 2 is 2.14 bits per heavy atom. The zero-order valence-corrected chi connectivity index (χ0v) is 13.0. The molecule has 2 rings (SSSR count). The first kappa shape index (κ1) is 16.3. The van der Waals surface area contributed by atoms with Gasteiger partial charge in [-0.2, -0.15) is 0 Å². The van der Waals surface area contributed by atoms with Crippen molar-refractivity contribution < 1.29 is 23.8 Å². The number of nitrogens with zero attached hydrogens (tertiary/aromatic N) is 2. The van der Waals surface area contributed by atoms with Crippen LogP contribution in [0.1, 0.15) is 22.9 Å². The summed E-state index contributed by atoms with van der Waals surface area (Å²) in [6.45, 7) is 1.71. The first-order valence-electron chi connectivity index (χ1n) is 6.46. The van der Waals surface area contributed by atoms with E-state index in [4.69, 9.17) is 14.2 Å². The minimum atomic E-state index is -2.79. The smallest absolute Gasteiger partial charge is 0.504 e. The molecule has 2 aromatic rings. The lowest BCUT2D eigenvalue weighted by Gasteiger charge is -2.14. The van der Waals surface area contributed by atoms with Gasteiger partial charge in [0, 0.05) is 29.6 Å². The Bertz CT molecular complexity index is 666. The number of aromatic hydroxyl groups is 1. The van der Waals surface area contributed by atoms with Crippen LogP contribution in [0.25, 0.3) is 0 Å². The Kier molecular flexibility index (Phi) is 5.38. The standard InChI is InChI=1S/C14H15N2O5P/c1-9-5-10(6-13(20-2)14(9)17)12(21-22(18)19)7-11-8-15-3-4-16-11/h3-6,8,12H,7H2,1-2H3,(H-,17,18,19)/p+1. The Labute approximate surface area is 128 Å². The minimum Gasteiger partial charge on any atom is -0.504 e. The molecule has 0 aliphatic heterocycles. The van der Waals surface area contributed by atoms with Crippen LogP contribution < -0.4 is 4.74 Å². The molecule has 0 fully saturated rings. The average molecular weight is 323 g/mol. The number of phenols is 1. The van der Waals surface area contributed by atoms with E-state index in [0.29, 0.717) is 16.8 Å². The summed E-state index contributed by atoms with van der Waals surface area (Å²) in [4.78, 5) is 17.2. The largest absolute Gasteiger partial charge is 0.695 e. The molecule has 0 aliphatic carbocycles. The van der Waals surface area contributed by atoms with Gasteiger partial charge in [-0.1, -0.05) is 0 Å². The maximum Gasteiger partial charge on any atom is 0.695 e. The van der Waals surface area contributed by atoms with Gasteiger partial charge in [0.25, 0.3) is 0 Å². The van der Waals surface area contributed by atoms with E-state index < -0.39 is 14.4 Å². The van der Waals surface area contributed by atoms with E-state index in [2.05, 4.69) is 9.97 Å². The highest BCUT2D eigenvalue weighted by molar-refractivity contribution is 7.32. The van der Waals surface area contributed by atoms with Crippen molar-refractivity contribution in [1.82, 2.24) is 9.97 Å². The van der Waals surface area contributed by atoms with Gasteiger partial charge in [-0.15, -0.1) is 9.42 Å². The Morgan fingerprint density at radius 3 is 2.73 bits per heavy atom. The first-order valence-corrected chi connectivity index (χ1v) is 7.59. The van der Waals surface area contributed by atoms with Crippen molar-refractivity contribution in [3.05, 3.63) is 47.5 Å². The van der Waals surface area contributed by atoms with Gasteiger partial charge in [0.2, 0.25) is 0 Å². The van der Waals surface area contributed by atoms with E-state index in [1.165, 1.54) is 13.3 Å². The average Bonchev–Trinajstić information content (AvgIpc) is 2.50. The van der Waals surface area contributed by atoms with Crippen LogP contribution in [0.3, 0.4) is 0 Å². The van der Waals surface area contributed by atoms with Gasteiger partial charge in [0.05, 0.1) is 12.8 Å². The third kappa shape index (κ3) is 3.98. The number of rotatable bonds is 6. The van der Waals surface area contributed by atoms with Crippen LogP contribution in [0.5, 0.6) is 11.5 Å². The van der Waals surface area contributed by atoms with Crippen LogP contribution in [-0.2, 0) is 15.5 Å². The van der Waals surface area contributed by atoms with Crippen molar-refractivity contribution >= 4 is 8.25 Å². The molecule has 2 N–H and O–H groups in total. The lowest BCUT2D eigenvalue weighted by Crippen LogP contribution is -2.07. The number of methoxy groups -OCH3 is 1. The number of phenolic OH excluding ortho intramolecular Hbond substituents is 1. The fraction of sp³-hybridized carbons (Fsp3) is 0.286. The van der Waals surface area contributed by atoms with Crippen LogP contribution in [0.15, 0.2) is 30.7 Å². The second-order valence-corrected chi connectivity index (χ2v) is 5.31. The molecule has 1 aromatic heterocycles. The topological polar surface area (TPSA) is 102 Å². The van der Waals surface area contributed by atoms with Crippen molar-refractivity contribution in [3.63, 3.8) is 0 Å². The predicted octanol–water partition coefficient (Wildman–Crippen LogP) is 2.45. The van der Waals surface area contributed by atoms with Crippen LogP contribution in [0.2, 0.25) is 0 Å². The summed E-state index contributed by atoms with van der Waals surface area (Å²) in [6, 6.07) is 3.25. The fourth-order valence-electron chi connectivity index (χ4n) is 2.07. The van der Waals surface area contributed by atoms with E-state index in [0.717, 1.165) is 0 Å². The molecular weight excluding hydrogens is 307 g/mol. The number of ether oxygens (including phenoxy) is 1. The molecule has 0 spiro atoms. The van der Waals surface area contributed by atoms with Crippen molar-refractivity contribution in [1.29, 1.82) is 0 Å². The molecule has 1 aromatic carbocycles. The summed E-state index contributed by atoms with van der Waals surface area (Å²) in [5.74, 6) is 0.300. The van der Waals surface area contributed by atoms with Crippen molar-refractivity contribution in [2.45, 2.75) is 19.4 Å². The number of hydrogen-bond acceptors (Lipinski definition) is 6. The highest BCUT2D eigenvalue weighted by Crippen LogP contribution is 2.37. The molecule has 0 saturated carbocycles. The summed E-state index contributed by atoms with van der Waals surface area (Å²) in [7, 11) is -1.36. The monoisotopic (exact) mass is 323 g/mol. The van der Waals surface area contributed by atoms with Gasteiger partial charge < -0.3 is 9.84 Å². The van der Waals surface area contributed by atoms with E-state index in [1.807, 2.05) is 0 Å². The zero-order chi connectivity index (χ0) is 16.1. The first-order chi connectivity index (χ1) is 10.5. The van der Waals surface area contributed by atoms with Crippen LogP contribution in [0.4, 0.5) is 0 Å². The summed E-state index contributed by atoms with van der Waals surface area (Å²) in [5, 5.41) is 9.88. The second kappa shape index (κ2) is 7.26. The number of aromatic nitrogens is 2. The lowest BCUT2D eigenvalue weighted by atomic mass is 10.0. The fourth-order valence-corrected chi connectivity index (χ4v) is 2.48. The highest BCUT2D eigenvalue weighted by Gasteiger charge is 2.27. The molecule has 2 unspecified atom stereocenters. The Balaban J connectivity index is 2.37. The Morgan fingerprint density at radius 1 is 1.36 bits per heavy atom. The molecule has 116 valence electrons. The minimum absolute atomic E-state index is 0.0258. The van der Waals surface area contributed by atoms with E-state index in [-0.39, 0.29) is 17.9 Å². The van der Waals surface area contributed by atoms with Gasteiger partial charge in [-0.3, -0.25) is 9.97 Å². The molecule has 7 nitrogen and oxygen atoms in total. The normalized spacial score (nSPS) is 12.8. The number of aryl methyl sites for hydroxylation is 1. The molecule has 8 heteroatoms. The van der Waals surface area contributed by atoms with E-state index in [9.17, 15) is 9.67 Å². The van der Waals surface area contributed by atoms with Crippen LogP contribution in [-0.4, -0.2) is 27.1 Å². The summed E-state index contributed by atoms with van der Waals surface area (Å²) < 4.78 is 21.3. The molecule has 0 bridgehead atoms. The third-order valence-electron chi connectivity index (χ3n) is 3.11. The van der Waals surface area contributed by atoms with E-state index >= 15 is 0 Å². The number of benzene rings is 1. The molecule has 0 radical (unpaired) electrons. The quantitative estimate of drug-likeness (QED) is 0.787. The van der Waals surface area contributed by atoms with Gasteiger partial charge in [-0.25, -0.2) is 0 Å². The van der Waals surface area contributed by atoms with Gasteiger partial charge in [-0.05, 0) is 30.2 Å². The summed E-state index contributed by atoms with van der Waals surface area (Å²) in [5.41, 5.74) is 1.81. The van der Waals surface area contributed by atoms with Gasteiger partial charge in [0.1, 0.15) is 6.10 Å². The van der Waals surface area contributed by atoms with Crippen molar-refractivity contribution in [2.75, 3.05) is 7.11 Å². The van der Waals surface area contributed by atoms with E-state index in [1.54, 1.807) is 31.5 Å². The summed E-state index contributed by atoms with van der Waals surface area (Å²) in [6.07, 6.45) is 4.19. The van der Waals surface area contributed by atoms with Crippen LogP contribution >= 0.6 is 8.25 Å². The molecule has 1 heterocycles. The van der Waals surface area contributed by atoms with Crippen molar-refractivity contribution in [2.24, 2.45) is 0 Å². The predicted molar refractivity (Wildman–Crippen MR) is 78.8 cm³/mol. The van der Waals surface area contributed by atoms with Gasteiger partial charge >= 0.3 is 8.25 Å². The van der Waals surface area contributed by atoms with Crippen molar-refractivity contribution in [3.8, 4) is 11.5 Å². The molecule has 0 aliphatic rings. The maximum atomic E-state index is 11.1. The molecule has 0 amide bonds. The molecule has 22 heavy (non-hydrogen) atoms. The molecule has 0 saturated heterocycles. The maximum absolute atomic E-state index is 11.1. The summed E-state index contributed by atoms with van der Waals surface area (Å²) >= 11 is 0. The molecule has 2 atom stereocenters.